The molecule has 2 rings (SSSR count). The van der Waals surface area contributed by atoms with Crippen molar-refractivity contribution in [1.29, 1.82) is 5.41 Å². The minimum absolute atomic E-state index is 0.0746. The maximum atomic E-state index is 7.39. The zero-order valence-corrected chi connectivity index (χ0v) is 12.0. The summed E-state index contributed by atoms with van der Waals surface area (Å²) >= 11 is 6.06. The van der Waals surface area contributed by atoms with E-state index >= 15 is 0 Å². The molecule has 0 amide bonds. The summed E-state index contributed by atoms with van der Waals surface area (Å²) in [5, 5.41) is 7.76. The van der Waals surface area contributed by atoms with Crippen LogP contribution in [0.25, 0.3) is 0 Å². The van der Waals surface area contributed by atoms with Crippen LogP contribution in [0.2, 0.25) is 5.02 Å². The Morgan fingerprint density at radius 2 is 1.90 bits per heavy atom. The molecule has 5 heteroatoms. The molecule has 2 aromatic rings. The summed E-state index contributed by atoms with van der Waals surface area (Å²) in [5.74, 6) is 1.73. The second kappa shape index (κ2) is 5.84. The lowest BCUT2D eigenvalue weighted by Crippen LogP contribution is -2.11. The van der Waals surface area contributed by atoms with E-state index in [2.05, 4.69) is 0 Å². The number of rotatable bonds is 4. The molecule has 0 spiro atoms. The van der Waals surface area contributed by atoms with Crippen molar-refractivity contribution in [3.05, 3.63) is 52.5 Å². The average Bonchev–Trinajstić information content (AvgIpc) is 2.40. The number of aryl methyl sites for hydroxylation is 1. The van der Waals surface area contributed by atoms with Crippen LogP contribution in [-0.2, 0) is 0 Å². The van der Waals surface area contributed by atoms with Gasteiger partial charge in [-0.1, -0.05) is 17.7 Å². The molecule has 0 atom stereocenters. The van der Waals surface area contributed by atoms with Crippen molar-refractivity contribution in [3.63, 3.8) is 0 Å². The van der Waals surface area contributed by atoms with Gasteiger partial charge in [0.1, 0.15) is 11.6 Å². The van der Waals surface area contributed by atoms with E-state index < -0.39 is 0 Å². The molecule has 4 nitrogen and oxygen atoms in total. The Morgan fingerprint density at radius 3 is 2.50 bits per heavy atom. The first-order valence-corrected chi connectivity index (χ1v) is 6.35. The molecule has 20 heavy (non-hydrogen) atoms. The average molecular weight is 291 g/mol. The Kier molecular flexibility index (Phi) is 4.15. The largest absolute Gasteiger partial charge is 0.493 e. The molecule has 3 N–H and O–H groups in total. The van der Waals surface area contributed by atoms with Crippen LogP contribution in [0.5, 0.6) is 17.2 Å². The first-order chi connectivity index (χ1) is 9.51. The van der Waals surface area contributed by atoms with Crippen molar-refractivity contribution >= 4 is 17.4 Å². The highest BCUT2D eigenvalue weighted by Crippen LogP contribution is 2.33. The monoisotopic (exact) mass is 290 g/mol. The number of hydrogen-bond acceptors (Lipinski definition) is 3. The van der Waals surface area contributed by atoms with Gasteiger partial charge in [-0.15, -0.1) is 0 Å². The fourth-order valence-electron chi connectivity index (χ4n) is 1.76. The molecule has 0 saturated heterocycles. The fourth-order valence-corrected chi connectivity index (χ4v) is 2.04. The van der Waals surface area contributed by atoms with Gasteiger partial charge in [0.15, 0.2) is 11.5 Å². The number of methoxy groups -OCH3 is 1. The molecule has 104 valence electrons. The van der Waals surface area contributed by atoms with E-state index in [4.69, 9.17) is 32.2 Å². The number of halogens is 1. The molecule has 0 unspecified atom stereocenters. The maximum absolute atomic E-state index is 7.39. The maximum Gasteiger partial charge on any atom is 0.169 e. The van der Waals surface area contributed by atoms with Gasteiger partial charge in [-0.05, 0) is 36.8 Å². The molecule has 0 aliphatic carbocycles. The third kappa shape index (κ3) is 3.03. The van der Waals surface area contributed by atoms with E-state index in [1.54, 1.807) is 25.3 Å². The summed E-state index contributed by atoms with van der Waals surface area (Å²) in [6.07, 6.45) is 0. The zero-order chi connectivity index (χ0) is 14.7. The Labute approximate surface area is 122 Å². The quantitative estimate of drug-likeness (QED) is 0.666. The summed E-state index contributed by atoms with van der Waals surface area (Å²) in [6.45, 7) is 1.98. The molecule has 0 bridgehead atoms. The number of hydrogen-bond donors (Lipinski definition) is 2. The van der Waals surface area contributed by atoms with Gasteiger partial charge in [-0.2, -0.15) is 0 Å². The molecule has 2 aromatic carbocycles. The van der Waals surface area contributed by atoms with E-state index in [-0.39, 0.29) is 5.84 Å². The van der Waals surface area contributed by atoms with Crippen LogP contribution in [-0.4, -0.2) is 12.9 Å². The van der Waals surface area contributed by atoms with E-state index in [1.807, 2.05) is 25.1 Å². The van der Waals surface area contributed by atoms with Crippen LogP contribution in [0.4, 0.5) is 0 Å². The third-order valence-corrected chi connectivity index (χ3v) is 3.09. The van der Waals surface area contributed by atoms with Crippen molar-refractivity contribution in [2.75, 3.05) is 7.11 Å². The highest BCUT2D eigenvalue weighted by Gasteiger charge is 2.09. The van der Waals surface area contributed by atoms with E-state index in [0.29, 0.717) is 27.8 Å². The predicted octanol–water partition coefficient (Wildman–Crippen LogP) is 3.73. The fraction of sp³-hybridized carbons (Fsp3) is 0.133. The van der Waals surface area contributed by atoms with Gasteiger partial charge >= 0.3 is 0 Å². The molecular weight excluding hydrogens is 276 g/mol. The standard InChI is InChI=1S/C15H15ClN2O2/c1-9-3-6-13(14(7-9)19-2)20-10-4-5-11(15(17)18)12(16)8-10/h3-8H,1-2H3,(H3,17,18). The second-order valence-electron chi connectivity index (χ2n) is 4.31. The van der Waals surface area contributed by atoms with Crippen LogP contribution >= 0.6 is 11.6 Å². The predicted molar refractivity (Wildman–Crippen MR) is 80.3 cm³/mol. The van der Waals surface area contributed by atoms with Gasteiger partial charge < -0.3 is 15.2 Å². The smallest absolute Gasteiger partial charge is 0.169 e. The lowest BCUT2D eigenvalue weighted by atomic mass is 10.2. The van der Waals surface area contributed by atoms with Crippen molar-refractivity contribution < 1.29 is 9.47 Å². The molecule has 0 aromatic heterocycles. The van der Waals surface area contributed by atoms with Gasteiger partial charge in [0.25, 0.3) is 0 Å². The molecule has 0 fully saturated rings. The summed E-state index contributed by atoms with van der Waals surface area (Å²) in [7, 11) is 1.59. The summed E-state index contributed by atoms with van der Waals surface area (Å²) in [4.78, 5) is 0. The lowest BCUT2D eigenvalue weighted by Gasteiger charge is -2.12. The van der Waals surface area contributed by atoms with Gasteiger partial charge in [-0.3, -0.25) is 5.41 Å². The van der Waals surface area contributed by atoms with Crippen LogP contribution in [0.1, 0.15) is 11.1 Å². The highest BCUT2D eigenvalue weighted by atomic mass is 35.5. The molecular formula is C15H15ClN2O2. The molecule has 0 aliphatic heterocycles. The molecule has 0 heterocycles. The van der Waals surface area contributed by atoms with Crippen molar-refractivity contribution in [1.82, 2.24) is 0 Å². The van der Waals surface area contributed by atoms with Crippen molar-refractivity contribution in [2.45, 2.75) is 6.92 Å². The Bertz CT molecular complexity index is 656. The Balaban J connectivity index is 2.31. The number of amidine groups is 1. The second-order valence-corrected chi connectivity index (χ2v) is 4.72. The van der Waals surface area contributed by atoms with Crippen LogP contribution in [0, 0.1) is 12.3 Å². The molecule has 0 radical (unpaired) electrons. The molecule has 0 saturated carbocycles. The lowest BCUT2D eigenvalue weighted by molar-refractivity contribution is 0.378. The van der Waals surface area contributed by atoms with Crippen LogP contribution in [0.15, 0.2) is 36.4 Å². The Hall–Kier alpha value is -2.20. The van der Waals surface area contributed by atoms with Gasteiger partial charge in [0.05, 0.1) is 12.1 Å². The minimum Gasteiger partial charge on any atom is -0.493 e. The molecule has 0 aliphatic rings. The van der Waals surface area contributed by atoms with Crippen LogP contribution in [0.3, 0.4) is 0 Å². The first kappa shape index (κ1) is 14.2. The third-order valence-electron chi connectivity index (χ3n) is 2.78. The highest BCUT2D eigenvalue weighted by molar-refractivity contribution is 6.34. The summed E-state index contributed by atoms with van der Waals surface area (Å²) in [6, 6.07) is 10.6. The van der Waals surface area contributed by atoms with Crippen LogP contribution < -0.4 is 15.2 Å². The Morgan fingerprint density at radius 1 is 1.15 bits per heavy atom. The van der Waals surface area contributed by atoms with Gasteiger partial charge in [-0.25, -0.2) is 0 Å². The number of nitrogens with one attached hydrogen (secondary N) is 1. The number of ether oxygens (including phenoxy) is 2. The first-order valence-electron chi connectivity index (χ1n) is 5.97. The number of benzene rings is 2. The van der Waals surface area contributed by atoms with Gasteiger partial charge in [0, 0.05) is 11.6 Å². The van der Waals surface area contributed by atoms with E-state index in [1.165, 1.54) is 0 Å². The number of nitrogens with two attached hydrogens (primary N) is 1. The topological polar surface area (TPSA) is 68.3 Å². The summed E-state index contributed by atoms with van der Waals surface area (Å²) in [5.41, 5.74) is 6.98. The van der Waals surface area contributed by atoms with E-state index in [0.717, 1.165) is 5.56 Å². The minimum atomic E-state index is -0.0746. The number of nitrogen functional groups attached to an aromatic ring is 1. The normalized spacial score (nSPS) is 10.2. The summed E-state index contributed by atoms with van der Waals surface area (Å²) < 4.78 is 11.0. The zero-order valence-electron chi connectivity index (χ0n) is 11.2. The van der Waals surface area contributed by atoms with Crippen molar-refractivity contribution in [2.24, 2.45) is 5.73 Å². The van der Waals surface area contributed by atoms with E-state index in [9.17, 15) is 0 Å². The SMILES string of the molecule is COc1cc(C)ccc1Oc1ccc(C(=N)N)c(Cl)c1. The van der Waals surface area contributed by atoms with Crippen molar-refractivity contribution in [3.8, 4) is 17.2 Å². The van der Waals surface area contributed by atoms with Gasteiger partial charge in [0.2, 0.25) is 0 Å².